The van der Waals surface area contributed by atoms with Crippen molar-refractivity contribution in [3.05, 3.63) is 57.0 Å². The molecule has 8 heteroatoms. The molecule has 7 nitrogen and oxygen atoms in total. The van der Waals surface area contributed by atoms with E-state index in [9.17, 15) is 9.59 Å². The SMILES string of the molecule is COc1ccc([C@@H](CNC(=O)Cn2cnc3sc(C)c(C)c3c2=O)N(C)C)cc1. The molecule has 2 aromatic heterocycles. The molecule has 1 N–H and O–H groups in total. The minimum absolute atomic E-state index is 0.00366. The second kappa shape index (κ2) is 8.75. The predicted molar refractivity (Wildman–Crippen MR) is 116 cm³/mol. The molecule has 1 atom stereocenters. The number of fused-ring (bicyclic) bond motifs is 1. The van der Waals surface area contributed by atoms with Crippen LogP contribution in [0.5, 0.6) is 5.75 Å². The second-order valence-electron chi connectivity index (χ2n) is 7.20. The third-order valence-electron chi connectivity index (χ3n) is 5.09. The van der Waals surface area contributed by atoms with Gasteiger partial charge in [0.2, 0.25) is 5.91 Å². The summed E-state index contributed by atoms with van der Waals surface area (Å²) in [6.07, 6.45) is 1.45. The minimum Gasteiger partial charge on any atom is -0.497 e. The van der Waals surface area contributed by atoms with Crippen LogP contribution < -0.4 is 15.6 Å². The van der Waals surface area contributed by atoms with Crippen LogP contribution in [0.4, 0.5) is 0 Å². The van der Waals surface area contributed by atoms with E-state index in [0.717, 1.165) is 21.8 Å². The number of likely N-dealkylation sites (N-methyl/N-ethyl adjacent to an activating group) is 1. The van der Waals surface area contributed by atoms with E-state index in [1.807, 2.05) is 57.1 Å². The van der Waals surface area contributed by atoms with Gasteiger partial charge in [0.15, 0.2) is 0 Å². The summed E-state index contributed by atoms with van der Waals surface area (Å²) in [5.74, 6) is 0.565. The monoisotopic (exact) mass is 414 g/mol. The highest BCUT2D eigenvalue weighted by Gasteiger charge is 2.17. The highest BCUT2D eigenvalue weighted by atomic mass is 32.1. The molecule has 0 fully saturated rings. The number of rotatable bonds is 7. The summed E-state index contributed by atoms with van der Waals surface area (Å²) in [6.45, 7) is 4.26. The Bertz CT molecular complexity index is 1070. The van der Waals surface area contributed by atoms with E-state index in [1.54, 1.807) is 7.11 Å². The molecule has 154 valence electrons. The van der Waals surface area contributed by atoms with Crippen LogP contribution >= 0.6 is 11.3 Å². The summed E-state index contributed by atoms with van der Waals surface area (Å²) in [7, 11) is 5.56. The average molecular weight is 415 g/mol. The Morgan fingerprint density at radius 3 is 2.59 bits per heavy atom. The smallest absolute Gasteiger partial charge is 0.262 e. The van der Waals surface area contributed by atoms with E-state index < -0.39 is 0 Å². The van der Waals surface area contributed by atoms with Crippen LogP contribution in [0.15, 0.2) is 35.4 Å². The Morgan fingerprint density at radius 2 is 1.97 bits per heavy atom. The molecule has 0 aliphatic heterocycles. The van der Waals surface area contributed by atoms with Gasteiger partial charge in [-0.05, 0) is 51.2 Å². The number of methoxy groups -OCH3 is 1. The third-order valence-corrected chi connectivity index (χ3v) is 6.20. The Labute approximate surface area is 173 Å². The van der Waals surface area contributed by atoms with Gasteiger partial charge in [-0.2, -0.15) is 0 Å². The number of aromatic nitrogens is 2. The topological polar surface area (TPSA) is 76.5 Å². The second-order valence-corrected chi connectivity index (χ2v) is 8.40. The van der Waals surface area contributed by atoms with Crippen molar-refractivity contribution in [1.82, 2.24) is 19.8 Å². The first kappa shape index (κ1) is 21.0. The molecule has 3 aromatic rings. The summed E-state index contributed by atoms with van der Waals surface area (Å²) in [4.78, 5) is 33.4. The summed E-state index contributed by atoms with van der Waals surface area (Å²) < 4.78 is 6.57. The first-order chi connectivity index (χ1) is 13.8. The van der Waals surface area contributed by atoms with Crippen molar-refractivity contribution in [2.24, 2.45) is 0 Å². The summed E-state index contributed by atoms with van der Waals surface area (Å²) in [5.41, 5.74) is 1.83. The summed E-state index contributed by atoms with van der Waals surface area (Å²) in [6, 6.07) is 7.78. The lowest BCUT2D eigenvalue weighted by molar-refractivity contribution is -0.121. The van der Waals surface area contributed by atoms with Gasteiger partial charge in [0.1, 0.15) is 17.1 Å². The molecule has 0 radical (unpaired) electrons. The molecule has 1 aromatic carbocycles. The van der Waals surface area contributed by atoms with E-state index in [4.69, 9.17) is 4.74 Å². The molecule has 0 saturated heterocycles. The molecule has 2 heterocycles. The van der Waals surface area contributed by atoms with Crippen molar-refractivity contribution in [3.63, 3.8) is 0 Å². The normalized spacial score (nSPS) is 12.3. The Morgan fingerprint density at radius 1 is 1.28 bits per heavy atom. The van der Waals surface area contributed by atoms with Gasteiger partial charge in [0.05, 0.1) is 24.9 Å². The molecule has 1 amide bonds. The van der Waals surface area contributed by atoms with Crippen molar-refractivity contribution in [1.29, 1.82) is 0 Å². The van der Waals surface area contributed by atoms with Gasteiger partial charge in [-0.15, -0.1) is 11.3 Å². The zero-order valence-electron chi connectivity index (χ0n) is 17.4. The third kappa shape index (κ3) is 4.49. The Hall–Kier alpha value is -2.71. The van der Waals surface area contributed by atoms with E-state index in [-0.39, 0.29) is 24.1 Å². The molecular formula is C21H26N4O3S. The van der Waals surface area contributed by atoms with Gasteiger partial charge in [-0.25, -0.2) is 4.98 Å². The van der Waals surface area contributed by atoms with Gasteiger partial charge in [-0.3, -0.25) is 14.2 Å². The maximum Gasteiger partial charge on any atom is 0.262 e. The van der Waals surface area contributed by atoms with Crippen molar-refractivity contribution in [3.8, 4) is 5.75 Å². The van der Waals surface area contributed by atoms with Crippen LogP contribution in [-0.2, 0) is 11.3 Å². The van der Waals surface area contributed by atoms with Crippen molar-refractivity contribution in [2.75, 3.05) is 27.7 Å². The van der Waals surface area contributed by atoms with Crippen molar-refractivity contribution in [2.45, 2.75) is 26.4 Å². The molecule has 0 aliphatic carbocycles. The summed E-state index contributed by atoms with van der Waals surface area (Å²) >= 11 is 1.50. The number of aryl methyl sites for hydroxylation is 2. The lowest BCUT2D eigenvalue weighted by Crippen LogP contribution is -2.37. The lowest BCUT2D eigenvalue weighted by Gasteiger charge is -2.25. The Balaban J connectivity index is 1.71. The number of amides is 1. The van der Waals surface area contributed by atoms with E-state index >= 15 is 0 Å². The van der Waals surface area contributed by atoms with E-state index in [1.165, 1.54) is 22.2 Å². The number of thiophene rings is 1. The molecule has 0 bridgehead atoms. The Kier molecular flexibility index (Phi) is 6.34. The van der Waals surface area contributed by atoms with Gasteiger partial charge >= 0.3 is 0 Å². The first-order valence-corrected chi connectivity index (χ1v) is 10.2. The molecular weight excluding hydrogens is 388 g/mol. The fraction of sp³-hybridized carbons (Fsp3) is 0.381. The number of carbonyl (C=O) groups is 1. The van der Waals surface area contributed by atoms with Gasteiger partial charge < -0.3 is 15.0 Å². The maximum atomic E-state index is 12.8. The minimum atomic E-state index is -0.224. The first-order valence-electron chi connectivity index (χ1n) is 9.34. The fourth-order valence-corrected chi connectivity index (χ4v) is 4.22. The predicted octanol–water partition coefficient (Wildman–Crippen LogP) is 2.50. The van der Waals surface area contributed by atoms with Crippen LogP contribution in [0.3, 0.4) is 0 Å². The number of nitrogens with one attached hydrogen (secondary N) is 1. The van der Waals surface area contributed by atoms with E-state index in [0.29, 0.717) is 16.8 Å². The molecule has 0 saturated carbocycles. The van der Waals surface area contributed by atoms with E-state index in [2.05, 4.69) is 10.3 Å². The summed E-state index contributed by atoms with van der Waals surface area (Å²) in [5, 5.41) is 3.54. The molecule has 0 spiro atoms. The molecule has 0 unspecified atom stereocenters. The number of benzene rings is 1. The average Bonchev–Trinajstić information content (AvgIpc) is 2.99. The highest BCUT2D eigenvalue weighted by Crippen LogP contribution is 2.25. The van der Waals surface area contributed by atoms with Gasteiger partial charge in [0, 0.05) is 11.4 Å². The van der Waals surface area contributed by atoms with Crippen molar-refractivity contribution < 1.29 is 9.53 Å². The number of hydrogen-bond donors (Lipinski definition) is 1. The number of hydrogen-bond acceptors (Lipinski definition) is 6. The zero-order chi connectivity index (χ0) is 21.1. The number of nitrogens with zero attached hydrogens (tertiary/aromatic N) is 3. The maximum absolute atomic E-state index is 12.8. The van der Waals surface area contributed by atoms with Gasteiger partial charge in [0.25, 0.3) is 5.56 Å². The molecule has 3 rings (SSSR count). The van der Waals surface area contributed by atoms with Gasteiger partial charge in [-0.1, -0.05) is 12.1 Å². The highest BCUT2D eigenvalue weighted by molar-refractivity contribution is 7.18. The standard InChI is InChI=1S/C21H26N4O3S/c1-13-14(2)29-20-19(13)21(27)25(12-23-20)11-18(26)22-10-17(24(3)4)15-6-8-16(28-5)9-7-15/h6-9,12,17H,10-11H2,1-5H3,(H,22,26)/t17-/m1/s1. The van der Waals surface area contributed by atoms with Crippen LogP contribution in [-0.4, -0.2) is 48.1 Å². The number of ether oxygens (including phenoxy) is 1. The quantitative estimate of drug-likeness (QED) is 0.643. The van der Waals surface area contributed by atoms with Crippen LogP contribution in [0, 0.1) is 13.8 Å². The van der Waals surface area contributed by atoms with Crippen molar-refractivity contribution >= 4 is 27.5 Å². The molecule has 0 aliphatic rings. The van der Waals surface area contributed by atoms with Crippen LogP contribution in [0.1, 0.15) is 22.0 Å². The van der Waals surface area contributed by atoms with Crippen LogP contribution in [0.25, 0.3) is 10.2 Å². The largest absolute Gasteiger partial charge is 0.497 e. The van der Waals surface area contributed by atoms with Crippen LogP contribution in [0.2, 0.25) is 0 Å². The lowest BCUT2D eigenvalue weighted by atomic mass is 10.1. The number of carbonyl (C=O) groups excluding carboxylic acids is 1. The zero-order valence-corrected chi connectivity index (χ0v) is 18.2. The fourth-order valence-electron chi connectivity index (χ4n) is 3.23. The molecule has 29 heavy (non-hydrogen) atoms.